The molecule has 104 valence electrons. The number of carbonyl (C=O) groups is 1. The van der Waals surface area contributed by atoms with Gasteiger partial charge in [-0.25, -0.2) is 0 Å². The molecule has 0 saturated heterocycles. The van der Waals surface area contributed by atoms with Gasteiger partial charge >= 0.3 is 0 Å². The summed E-state index contributed by atoms with van der Waals surface area (Å²) < 4.78 is 1.37. The highest BCUT2D eigenvalue weighted by Gasteiger charge is 2.15. The van der Waals surface area contributed by atoms with Crippen molar-refractivity contribution in [2.75, 3.05) is 7.05 Å². The van der Waals surface area contributed by atoms with Crippen molar-refractivity contribution in [2.45, 2.75) is 6.54 Å². The second kappa shape index (κ2) is 6.75. The first-order valence-corrected chi connectivity index (χ1v) is 8.12. The third-order valence-corrected chi connectivity index (χ3v) is 4.52. The van der Waals surface area contributed by atoms with Crippen LogP contribution in [0.4, 0.5) is 0 Å². The van der Waals surface area contributed by atoms with Crippen molar-refractivity contribution in [2.24, 2.45) is 0 Å². The average Bonchev–Trinajstić information content (AvgIpc) is 2.44. The summed E-state index contributed by atoms with van der Waals surface area (Å²) in [7, 11) is 1.78. The Balaban J connectivity index is 2.19. The summed E-state index contributed by atoms with van der Waals surface area (Å²) in [5.41, 5.74) is 1.68. The zero-order valence-corrected chi connectivity index (χ0v) is 15.1. The first kappa shape index (κ1) is 15.6. The maximum Gasteiger partial charge on any atom is 0.253 e. The molecule has 2 rings (SSSR count). The molecule has 2 aromatic carbocycles. The number of nitrogens with zero attached hydrogens (tertiary/aromatic N) is 1. The molecule has 3 nitrogen and oxygen atoms in total. The van der Waals surface area contributed by atoms with Gasteiger partial charge in [-0.1, -0.05) is 30.3 Å². The van der Waals surface area contributed by atoms with Gasteiger partial charge in [-0.3, -0.25) is 4.79 Å². The number of rotatable bonds is 3. The third kappa shape index (κ3) is 3.63. The number of phenols is 1. The molecule has 0 aromatic heterocycles. The van der Waals surface area contributed by atoms with Crippen LogP contribution in [0.25, 0.3) is 0 Å². The van der Waals surface area contributed by atoms with E-state index in [0.717, 1.165) is 5.56 Å². The summed E-state index contributed by atoms with van der Waals surface area (Å²) in [5.74, 6) is 0.179. The highest BCUT2D eigenvalue weighted by atomic mass is 127. The molecule has 0 spiro atoms. The van der Waals surface area contributed by atoms with Crippen LogP contribution in [0.15, 0.2) is 42.5 Å². The summed E-state index contributed by atoms with van der Waals surface area (Å²) in [6.07, 6.45) is 0. The van der Waals surface area contributed by atoms with Crippen molar-refractivity contribution in [1.29, 1.82) is 0 Å². The van der Waals surface area contributed by atoms with E-state index in [0.29, 0.717) is 19.2 Å². The van der Waals surface area contributed by atoms with Gasteiger partial charge in [0.25, 0.3) is 5.91 Å². The van der Waals surface area contributed by atoms with Crippen LogP contribution in [0.5, 0.6) is 5.75 Å². The molecule has 0 aliphatic heterocycles. The fraction of sp³-hybridized carbons (Fsp3) is 0.133. The topological polar surface area (TPSA) is 40.5 Å². The molecule has 0 heterocycles. The van der Waals surface area contributed by atoms with Crippen LogP contribution in [0.1, 0.15) is 15.9 Å². The number of hydrogen-bond donors (Lipinski definition) is 1. The van der Waals surface area contributed by atoms with Crippen molar-refractivity contribution in [3.63, 3.8) is 0 Å². The van der Waals surface area contributed by atoms with Gasteiger partial charge in [0.15, 0.2) is 0 Å². The maximum absolute atomic E-state index is 12.4. The lowest BCUT2D eigenvalue weighted by Gasteiger charge is -2.18. The Morgan fingerprint density at radius 1 is 1.15 bits per heavy atom. The molecule has 5 heteroatoms. The Hall–Kier alpha value is -0.830. The molecule has 0 radical (unpaired) electrons. The van der Waals surface area contributed by atoms with E-state index < -0.39 is 0 Å². The fourth-order valence-corrected chi connectivity index (χ4v) is 3.61. The number of phenolic OH excluding ortho intramolecular Hbond substituents is 1. The molecule has 0 aliphatic rings. The molecule has 0 bridgehead atoms. The first-order chi connectivity index (χ1) is 9.49. The Labute approximate surface area is 145 Å². The van der Waals surface area contributed by atoms with Gasteiger partial charge < -0.3 is 10.0 Å². The maximum atomic E-state index is 12.4. The van der Waals surface area contributed by atoms with E-state index in [1.807, 2.05) is 75.5 Å². The lowest BCUT2D eigenvalue weighted by molar-refractivity contribution is 0.0785. The second-order valence-corrected chi connectivity index (χ2v) is 6.76. The molecular formula is C15H13I2NO2. The normalized spacial score (nSPS) is 10.3. The number of aromatic hydroxyl groups is 1. The number of hydrogen-bond acceptors (Lipinski definition) is 2. The molecule has 0 atom stereocenters. The van der Waals surface area contributed by atoms with Crippen LogP contribution in [-0.2, 0) is 6.54 Å². The van der Waals surface area contributed by atoms with Gasteiger partial charge in [0.1, 0.15) is 5.75 Å². The van der Waals surface area contributed by atoms with Crippen molar-refractivity contribution in [3.05, 3.63) is 60.7 Å². The minimum absolute atomic E-state index is 0.0512. The lowest BCUT2D eigenvalue weighted by atomic mass is 10.1. The van der Waals surface area contributed by atoms with E-state index >= 15 is 0 Å². The Kier molecular flexibility index (Phi) is 5.25. The summed E-state index contributed by atoms with van der Waals surface area (Å²) in [5, 5.41) is 9.75. The monoisotopic (exact) mass is 493 g/mol. The Morgan fingerprint density at radius 3 is 2.25 bits per heavy atom. The van der Waals surface area contributed by atoms with E-state index in [4.69, 9.17) is 0 Å². The van der Waals surface area contributed by atoms with Crippen LogP contribution in [0.2, 0.25) is 0 Å². The Bertz CT molecular complexity index is 606. The number of carbonyl (C=O) groups excluding carboxylic acids is 1. The van der Waals surface area contributed by atoms with E-state index in [1.165, 1.54) is 0 Å². The van der Waals surface area contributed by atoms with Crippen LogP contribution in [0.3, 0.4) is 0 Å². The first-order valence-electron chi connectivity index (χ1n) is 5.96. The standard InChI is InChI=1S/C15H13I2NO2/c1-18(9-10-5-3-2-4-6-10)15(20)11-7-12(16)14(19)13(17)8-11/h2-8,19H,9H2,1H3. The zero-order chi connectivity index (χ0) is 14.7. The summed E-state index contributed by atoms with van der Waals surface area (Å²) in [6.45, 7) is 0.563. The van der Waals surface area contributed by atoms with Crippen molar-refractivity contribution < 1.29 is 9.90 Å². The number of amides is 1. The van der Waals surface area contributed by atoms with E-state index in [-0.39, 0.29) is 11.7 Å². The average molecular weight is 493 g/mol. The van der Waals surface area contributed by atoms with Gasteiger partial charge in [0.2, 0.25) is 0 Å². The molecule has 0 fully saturated rings. The predicted octanol–water partition coefficient (Wildman–Crippen LogP) is 3.87. The highest BCUT2D eigenvalue weighted by Crippen LogP contribution is 2.27. The van der Waals surface area contributed by atoms with Crippen molar-refractivity contribution >= 4 is 51.1 Å². The van der Waals surface area contributed by atoms with Crippen LogP contribution in [0, 0.1) is 7.14 Å². The van der Waals surface area contributed by atoms with Gasteiger partial charge in [-0.2, -0.15) is 0 Å². The minimum Gasteiger partial charge on any atom is -0.506 e. The molecule has 0 saturated carbocycles. The van der Waals surface area contributed by atoms with E-state index in [2.05, 4.69) is 0 Å². The molecule has 20 heavy (non-hydrogen) atoms. The second-order valence-electron chi connectivity index (χ2n) is 4.44. The minimum atomic E-state index is -0.0512. The van der Waals surface area contributed by atoms with Gasteiger partial charge in [-0.05, 0) is 62.9 Å². The molecule has 0 aliphatic carbocycles. The van der Waals surface area contributed by atoms with Crippen molar-refractivity contribution in [1.82, 2.24) is 4.90 Å². The molecule has 1 amide bonds. The molecule has 1 N–H and O–H groups in total. The van der Waals surface area contributed by atoms with Crippen LogP contribution >= 0.6 is 45.2 Å². The van der Waals surface area contributed by atoms with Gasteiger partial charge in [0, 0.05) is 19.2 Å². The fourth-order valence-electron chi connectivity index (χ4n) is 1.84. The smallest absolute Gasteiger partial charge is 0.253 e. The zero-order valence-electron chi connectivity index (χ0n) is 10.8. The summed E-state index contributed by atoms with van der Waals surface area (Å²) in [4.78, 5) is 14.1. The van der Waals surface area contributed by atoms with Gasteiger partial charge in [-0.15, -0.1) is 0 Å². The highest BCUT2D eigenvalue weighted by molar-refractivity contribution is 14.1. The molecular weight excluding hydrogens is 480 g/mol. The number of benzene rings is 2. The summed E-state index contributed by atoms with van der Waals surface area (Å²) in [6, 6.07) is 13.3. The number of halogens is 2. The molecule has 2 aromatic rings. The van der Waals surface area contributed by atoms with Gasteiger partial charge in [0.05, 0.1) is 7.14 Å². The summed E-state index contributed by atoms with van der Waals surface area (Å²) >= 11 is 4.06. The Morgan fingerprint density at radius 2 is 1.70 bits per heavy atom. The van der Waals surface area contributed by atoms with Crippen molar-refractivity contribution in [3.8, 4) is 5.75 Å². The van der Waals surface area contributed by atoms with E-state index in [9.17, 15) is 9.90 Å². The predicted molar refractivity (Wildman–Crippen MR) is 95.8 cm³/mol. The van der Waals surface area contributed by atoms with Crippen LogP contribution < -0.4 is 0 Å². The lowest BCUT2D eigenvalue weighted by Crippen LogP contribution is -2.26. The van der Waals surface area contributed by atoms with Crippen LogP contribution in [-0.4, -0.2) is 23.0 Å². The SMILES string of the molecule is CN(Cc1ccccc1)C(=O)c1cc(I)c(O)c(I)c1. The quantitative estimate of drug-likeness (QED) is 0.661. The van der Waals surface area contributed by atoms with E-state index in [1.54, 1.807) is 24.1 Å². The molecule has 0 unspecified atom stereocenters. The third-order valence-electron chi connectivity index (χ3n) is 2.87. The largest absolute Gasteiger partial charge is 0.506 e.